The number of anilines is 1. The number of rotatable bonds is 0. The maximum absolute atomic E-state index is 8.43. The van der Waals surface area contributed by atoms with Gasteiger partial charge in [0.1, 0.15) is 0 Å². The van der Waals surface area contributed by atoms with Crippen molar-refractivity contribution in [2.24, 2.45) is 0 Å². The molecule has 0 fully saturated rings. The number of nitrogens with zero attached hydrogens (tertiary/aromatic N) is 1. The second kappa shape index (κ2) is 4.38. The monoisotopic (exact) mass is 206 g/mol. The van der Waals surface area contributed by atoms with Crippen molar-refractivity contribution in [1.82, 2.24) is 0 Å². The van der Waals surface area contributed by atoms with Crippen molar-refractivity contribution in [2.75, 3.05) is 5.73 Å². The zero-order valence-electron chi connectivity index (χ0n) is 8.70. The standard InChI is InChI=1S/C14H10N2/c15-10-4-3-5-11-8-9-14(16)13-7-2-1-6-12(11)13/h1-2,6-9H,4,16H2. The Morgan fingerprint density at radius 2 is 1.81 bits per heavy atom. The molecule has 0 atom stereocenters. The molecule has 0 saturated heterocycles. The van der Waals surface area contributed by atoms with E-state index in [0.717, 1.165) is 22.0 Å². The Labute approximate surface area is 94.3 Å². The molecule has 0 spiro atoms. The fourth-order valence-corrected chi connectivity index (χ4v) is 1.61. The first kappa shape index (κ1) is 10.1. The Kier molecular flexibility index (Phi) is 2.76. The zero-order valence-corrected chi connectivity index (χ0v) is 8.70. The van der Waals surface area contributed by atoms with Crippen LogP contribution in [0.25, 0.3) is 10.8 Å². The molecule has 0 heterocycles. The van der Waals surface area contributed by atoms with Crippen LogP contribution in [0.4, 0.5) is 5.69 Å². The van der Waals surface area contributed by atoms with Crippen LogP contribution in [0.15, 0.2) is 36.4 Å². The van der Waals surface area contributed by atoms with Crippen LogP contribution < -0.4 is 5.73 Å². The molecule has 2 heteroatoms. The Hall–Kier alpha value is -2.45. The second-order valence-electron chi connectivity index (χ2n) is 3.38. The van der Waals surface area contributed by atoms with Gasteiger partial charge in [-0.1, -0.05) is 36.1 Å². The van der Waals surface area contributed by atoms with Gasteiger partial charge in [0.25, 0.3) is 0 Å². The molecule has 76 valence electrons. The van der Waals surface area contributed by atoms with Crippen molar-refractivity contribution in [3.8, 4) is 17.9 Å². The van der Waals surface area contributed by atoms with Crippen LogP contribution >= 0.6 is 0 Å². The first-order valence-corrected chi connectivity index (χ1v) is 4.96. The van der Waals surface area contributed by atoms with Crippen LogP contribution in [-0.4, -0.2) is 0 Å². The molecular weight excluding hydrogens is 196 g/mol. The van der Waals surface area contributed by atoms with E-state index in [1.807, 2.05) is 42.5 Å². The Bertz CT molecular complexity index is 624. The summed E-state index contributed by atoms with van der Waals surface area (Å²) < 4.78 is 0. The van der Waals surface area contributed by atoms with Gasteiger partial charge in [0, 0.05) is 16.6 Å². The topological polar surface area (TPSA) is 49.8 Å². The summed E-state index contributed by atoms with van der Waals surface area (Å²) in [4.78, 5) is 0. The molecule has 2 nitrogen and oxygen atoms in total. The minimum atomic E-state index is 0.249. The highest BCUT2D eigenvalue weighted by Gasteiger charge is 2.00. The van der Waals surface area contributed by atoms with Gasteiger partial charge >= 0.3 is 0 Å². The molecule has 0 radical (unpaired) electrons. The number of hydrogen-bond acceptors (Lipinski definition) is 2. The molecule has 0 aliphatic carbocycles. The van der Waals surface area contributed by atoms with Gasteiger partial charge < -0.3 is 5.73 Å². The van der Waals surface area contributed by atoms with Gasteiger partial charge in [0.05, 0.1) is 12.5 Å². The number of benzene rings is 2. The Morgan fingerprint density at radius 1 is 1.06 bits per heavy atom. The molecule has 0 bridgehead atoms. The molecule has 0 amide bonds. The van der Waals surface area contributed by atoms with Crippen LogP contribution in [0.3, 0.4) is 0 Å². The highest BCUT2D eigenvalue weighted by molar-refractivity contribution is 5.96. The first-order chi connectivity index (χ1) is 7.83. The van der Waals surface area contributed by atoms with E-state index in [2.05, 4.69) is 11.8 Å². The van der Waals surface area contributed by atoms with E-state index >= 15 is 0 Å². The second-order valence-corrected chi connectivity index (χ2v) is 3.38. The summed E-state index contributed by atoms with van der Waals surface area (Å²) in [6, 6.07) is 13.6. The van der Waals surface area contributed by atoms with Crippen LogP contribution in [0, 0.1) is 23.2 Å². The molecule has 0 unspecified atom stereocenters. The number of fused-ring (bicyclic) bond motifs is 1. The van der Waals surface area contributed by atoms with Crippen molar-refractivity contribution in [3.05, 3.63) is 42.0 Å². The number of nitrogen functional groups attached to an aromatic ring is 1. The van der Waals surface area contributed by atoms with E-state index < -0.39 is 0 Å². The van der Waals surface area contributed by atoms with E-state index in [1.54, 1.807) is 0 Å². The van der Waals surface area contributed by atoms with E-state index in [4.69, 9.17) is 11.0 Å². The van der Waals surface area contributed by atoms with Gasteiger partial charge in [-0.25, -0.2) is 0 Å². The molecule has 2 rings (SSSR count). The number of nitrogens with two attached hydrogens (primary N) is 1. The molecule has 16 heavy (non-hydrogen) atoms. The average Bonchev–Trinajstić information content (AvgIpc) is 2.33. The van der Waals surface area contributed by atoms with E-state index in [1.165, 1.54) is 0 Å². The average molecular weight is 206 g/mol. The quantitative estimate of drug-likeness (QED) is 0.532. The molecule has 2 N–H and O–H groups in total. The molecule has 2 aromatic carbocycles. The van der Waals surface area contributed by atoms with Crippen LogP contribution in [-0.2, 0) is 0 Å². The minimum absolute atomic E-state index is 0.249. The minimum Gasteiger partial charge on any atom is -0.398 e. The van der Waals surface area contributed by atoms with Gasteiger partial charge in [-0.05, 0) is 17.5 Å². The summed E-state index contributed by atoms with van der Waals surface area (Å²) >= 11 is 0. The molecular formula is C14H10N2. The van der Waals surface area contributed by atoms with Crippen LogP contribution in [0.1, 0.15) is 12.0 Å². The number of hydrogen-bond donors (Lipinski definition) is 1. The van der Waals surface area contributed by atoms with Crippen molar-refractivity contribution < 1.29 is 0 Å². The van der Waals surface area contributed by atoms with E-state index in [9.17, 15) is 0 Å². The lowest BCUT2D eigenvalue weighted by Crippen LogP contribution is -1.88. The van der Waals surface area contributed by atoms with Crippen molar-refractivity contribution in [3.63, 3.8) is 0 Å². The fourth-order valence-electron chi connectivity index (χ4n) is 1.61. The summed E-state index contributed by atoms with van der Waals surface area (Å²) in [5.41, 5.74) is 7.55. The molecule has 0 aliphatic heterocycles. The normalized spacial score (nSPS) is 9.19. The van der Waals surface area contributed by atoms with Crippen LogP contribution in [0.5, 0.6) is 0 Å². The van der Waals surface area contributed by atoms with Gasteiger partial charge in [0.15, 0.2) is 0 Å². The highest BCUT2D eigenvalue weighted by atomic mass is 14.5. The summed E-state index contributed by atoms with van der Waals surface area (Å²) in [6.45, 7) is 0. The summed E-state index contributed by atoms with van der Waals surface area (Å²) in [5, 5.41) is 10.5. The largest absolute Gasteiger partial charge is 0.398 e. The van der Waals surface area contributed by atoms with Gasteiger partial charge in [-0.3, -0.25) is 0 Å². The smallest absolute Gasteiger partial charge is 0.0966 e. The van der Waals surface area contributed by atoms with E-state index in [0.29, 0.717) is 0 Å². The zero-order chi connectivity index (χ0) is 11.4. The summed E-state index contributed by atoms with van der Waals surface area (Å²) in [7, 11) is 0. The van der Waals surface area contributed by atoms with Crippen molar-refractivity contribution >= 4 is 16.5 Å². The van der Waals surface area contributed by atoms with Gasteiger partial charge in [0.2, 0.25) is 0 Å². The lowest BCUT2D eigenvalue weighted by molar-refractivity contribution is 1.40. The number of nitriles is 1. The van der Waals surface area contributed by atoms with Crippen LogP contribution in [0.2, 0.25) is 0 Å². The maximum Gasteiger partial charge on any atom is 0.0966 e. The lowest BCUT2D eigenvalue weighted by Gasteiger charge is -2.03. The molecule has 0 aromatic heterocycles. The van der Waals surface area contributed by atoms with Gasteiger partial charge in [-0.2, -0.15) is 5.26 Å². The maximum atomic E-state index is 8.43. The predicted octanol–water partition coefficient (Wildman–Crippen LogP) is 2.69. The highest BCUT2D eigenvalue weighted by Crippen LogP contribution is 2.23. The summed E-state index contributed by atoms with van der Waals surface area (Å²) in [6.07, 6.45) is 0.249. The van der Waals surface area contributed by atoms with E-state index in [-0.39, 0.29) is 6.42 Å². The third kappa shape index (κ3) is 1.82. The SMILES string of the molecule is N#CCC#Cc1ccc(N)c2ccccc12. The first-order valence-electron chi connectivity index (χ1n) is 4.96. The molecule has 2 aromatic rings. The Morgan fingerprint density at radius 3 is 2.56 bits per heavy atom. The Balaban J connectivity index is 2.61. The third-order valence-corrected chi connectivity index (χ3v) is 2.35. The van der Waals surface area contributed by atoms with Crippen molar-refractivity contribution in [2.45, 2.75) is 6.42 Å². The molecule has 0 saturated carbocycles. The third-order valence-electron chi connectivity index (χ3n) is 2.35. The summed E-state index contributed by atoms with van der Waals surface area (Å²) in [5.74, 6) is 5.80. The van der Waals surface area contributed by atoms with Gasteiger partial charge in [-0.15, -0.1) is 0 Å². The molecule has 0 aliphatic rings. The fraction of sp³-hybridized carbons (Fsp3) is 0.0714. The lowest BCUT2D eigenvalue weighted by atomic mass is 10.0. The predicted molar refractivity (Wildman–Crippen MR) is 65.5 cm³/mol. The van der Waals surface area contributed by atoms with Crippen molar-refractivity contribution in [1.29, 1.82) is 5.26 Å².